The van der Waals surface area contributed by atoms with Gasteiger partial charge in [-0.3, -0.25) is 4.79 Å². The van der Waals surface area contributed by atoms with Crippen molar-refractivity contribution < 1.29 is 13.2 Å². The van der Waals surface area contributed by atoms with Crippen LogP contribution in [0.3, 0.4) is 0 Å². The van der Waals surface area contributed by atoms with E-state index in [1.807, 2.05) is 6.07 Å². The maximum atomic E-state index is 13.0. The van der Waals surface area contributed by atoms with E-state index in [9.17, 15) is 13.2 Å². The van der Waals surface area contributed by atoms with Gasteiger partial charge in [-0.2, -0.15) is 4.31 Å². The summed E-state index contributed by atoms with van der Waals surface area (Å²) in [6.45, 7) is 3.50. The molecule has 0 radical (unpaired) electrons. The second-order valence-corrected chi connectivity index (χ2v) is 9.98. The molecule has 9 heteroatoms. The molecule has 30 heavy (non-hydrogen) atoms. The predicted octanol–water partition coefficient (Wildman–Crippen LogP) is 2.87. The van der Waals surface area contributed by atoms with Crippen LogP contribution in [0, 0.1) is 0 Å². The summed E-state index contributed by atoms with van der Waals surface area (Å²) in [6.07, 6.45) is 4.43. The number of nitrogens with zero attached hydrogens (tertiary/aromatic N) is 4. The topological polar surface area (TPSA) is 73.8 Å². The van der Waals surface area contributed by atoms with E-state index in [2.05, 4.69) is 9.88 Å². The Hall–Kier alpha value is -2.16. The van der Waals surface area contributed by atoms with E-state index in [-0.39, 0.29) is 10.8 Å². The minimum atomic E-state index is -3.56. The molecule has 0 aliphatic carbocycles. The van der Waals surface area contributed by atoms with Gasteiger partial charge < -0.3 is 9.80 Å². The van der Waals surface area contributed by atoms with E-state index in [1.54, 1.807) is 35.4 Å². The lowest BCUT2D eigenvalue weighted by Crippen LogP contribution is -2.49. The lowest BCUT2D eigenvalue weighted by Gasteiger charge is -2.35. The van der Waals surface area contributed by atoms with Crippen molar-refractivity contribution in [3.63, 3.8) is 0 Å². The number of sulfonamides is 1. The third-order valence-corrected chi connectivity index (χ3v) is 7.75. The average Bonchev–Trinajstić information content (AvgIpc) is 2.80. The van der Waals surface area contributed by atoms with Crippen molar-refractivity contribution in [1.82, 2.24) is 14.2 Å². The molecule has 2 fully saturated rings. The van der Waals surface area contributed by atoms with Gasteiger partial charge >= 0.3 is 0 Å². The number of pyridine rings is 1. The smallest absolute Gasteiger partial charge is 0.254 e. The van der Waals surface area contributed by atoms with Crippen LogP contribution in [0.5, 0.6) is 0 Å². The lowest BCUT2D eigenvalue weighted by atomic mass is 10.2. The average molecular weight is 449 g/mol. The third-order valence-electron chi connectivity index (χ3n) is 5.64. The molecule has 7 nitrogen and oxygen atoms in total. The summed E-state index contributed by atoms with van der Waals surface area (Å²) in [5.41, 5.74) is 0.408. The van der Waals surface area contributed by atoms with E-state index in [0.29, 0.717) is 49.9 Å². The number of carbonyl (C=O) groups is 1. The van der Waals surface area contributed by atoms with E-state index >= 15 is 0 Å². The molecule has 1 amide bonds. The summed E-state index contributed by atoms with van der Waals surface area (Å²) in [4.78, 5) is 21.4. The first-order valence-electron chi connectivity index (χ1n) is 10.2. The monoisotopic (exact) mass is 448 g/mol. The number of aromatic nitrogens is 1. The van der Waals surface area contributed by atoms with Gasteiger partial charge in [0.2, 0.25) is 10.0 Å². The van der Waals surface area contributed by atoms with Crippen LogP contribution >= 0.6 is 11.6 Å². The number of rotatable bonds is 4. The number of hydrogen-bond donors (Lipinski definition) is 0. The maximum Gasteiger partial charge on any atom is 0.254 e. The Morgan fingerprint density at radius 3 is 2.33 bits per heavy atom. The number of benzene rings is 1. The fourth-order valence-electron chi connectivity index (χ4n) is 3.92. The van der Waals surface area contributed by atoms with Gasteiger partial charge in [0.25, 0.3) is 5.91 Å². The molecule has 2 aliphatic rings. The summed E-state index contributed by atoms with van der Waals surface area (Å²) in [5.74, 6) is 0.690. The van der Waals surface area contributed by atoms with E-state index in [1.165, 1.54) is 10.4 Å². The molecule has 0 spiro atoms. The Morgan fingerprint density at radius 2 is 1.67 bits per heavy atom. The number of halogens is 1. The van der Waals surface area contributed by atoms with Gasteiger partial charge in [0.1, 0.15) is 5.82 Å². The van der Waals surface area contributed by atoms with Gasteiger partial charge in [0.15, 0.2) is 0 Å². The standard InChI is InChI=1S/C21H25ClN4O3S/c22-18-7-8-20(23-16-18)24-11-13-25(14-12-24)21(27)17-5-4-6-19(15-17)30(28,29)26-9-2-1-3-10-26/h4-8,15-16H,1-3,9-14H2. The molecular weight excluding hydrogens is 424 g/mol. The first-order chi connectivity index (χ1) is 14.4. The van der Waals surface area contributed by atoms with Crippen LogP contribution < -0.4 is 4.90 Å². The largest absolute Gasteiger partial charge is 0.353 e. The summed E-state index contributed by atoms with van der Waals surface area (Å²) in [5, 5.41) is 0.590. The number of amides is 1. The summed E-state index contributed by atoms with van der Waals surface area (Å²) in [7, 11) is -3.56. The zero-order valence-electron chi connectivity index (χ0n) is 16.7. The van der Waals surface area contributed by atoms with Gasteiger partial charge in [0, 0.05) is 51.0 Å². The van der Waals surface area contributed by atoms with Crippen LogP contribution in [-0.2, 0) is 10.0 Å². The molecule has 2 aliphatic heterocycles. The highest BCUT2D eigenvalue weighted by Gasteiger charge is 2.28. The van der Waals surface area contributed by atoms with Gasteiger partial charge in [-0.05, 0) is 43.2 Å². The van der Waals surface area contributed by atoms with Crippen molar-refractivity contribution in [3.8, 4) is 0 Å². The van der Waals surface area contributed by atoms with Gasteiger partial charge in [0.05, 0.1) is 9.92 Å². The lowest BCUT2D eigenvalue weighted by molar-refractivity contribution is 0.0746. The summed E-state index contributed by atoms with van der Waals surface area (Å²) in [6, 6.07) is 10.1. The Morgan fingerprint density at radius 1 is 0.933 bits per heavy atom. The summed E-state index contributed by atoms with van der Waals surface area (Å²) >= 11 is 5.90. The molecule has 160 valence electrons. The minimum absolute atomic E-state index is 0.144. The first-order valence-corrected chi connectivity index (χ1v) is 12.0. The summed E-state index contributed by atoms with van der Waals surface area (Å²) < 4.78 is 27.4. The zero-order valence-corrected chi connectivity index (χ0v) is 18.3. The Bertz CT molecular complexity index is 999. The van der Waals surface area contributed by atoms with Crippen LogP contribution in [0.25, 0.3) is 0 Å². The Balaban J connectivity index is 1.44. The zero-order chi connectivity index (χ0) is 21.1. The highest BCUT2D eigenvalue weighted by molar-refractivity contribution is 7.89. The van der Waals surface area contributed by atoms with Crippen molar-refractivity contribution in [2.24, 2.45) is 0 Å². The number of piperazine rings is 1. The van der Waals surface area contributed by atoms with Crippen molar-refractivity contribution in [3.05, 3.63) is 53.2 Å². The Kier molecular flexibility index (Phi) is 6.26. The van der Waals surface area contributed by atoms with Gasteiger partial charge in [-0.1, -0.05) is 24.1 Å². The molecule has 0 unspecified atom stereocenters. The van der Waals surface area contributed by atoms with E-state index < -0.39 is 10.0 Å². The molecular formula is C21H25ClN4O3S. The first kappa shape index (κ1) is 21.1. The normalized spacial score (nSPS) is 18.4. The van der Waals surface area contributed by atoms with Crippen molar-refractivity contribution in [2.45, 2.75) is 24.2 Å². The predicted molar refractivity (Wildman–Crippen MR) is 116 cm³/mol. The second kappa shape index (κ2) is 8.91. The fourth-order valence-corrected chi connectivity index (χ4v) is 5.60. The van der Waals surface area contributed by atoms with Crippen LogP contribution in [0.4, 0.5) is 5.82 Å². The molecule has 3 heterocycles. The number of hydrogen-bond acceptors (Lipinski definition) is 5. The number of piperidine rings is 1. The number of anilines is 1. The second-order valence-electron chi connectivity index (χ2n) is 7.61. The molecule has 2 aromatic rings. The van der Waals surface area contributed by atoms with Crippen LogP contribution in [-0.4, -0.2) is 67.8 Å². The maximum absolute atomic E-state index is 13.0. The van der Waals surface area contributed by atoms with Crippen LogP contribution in [0.15, 0.2) is 47.5 Å². The van der Waals surface area contributed by atoms with Crippen molar-refractivity contribution in [1.29, 1.82) is 0 Å². The van der Waals surface area contributed by atoms with Gasteiger partial charge in [-0.25, -0.2) is 13.4 Å². The van der Waals surface area contributed by atoms with E-state index in [0.717, 1.165) is 25.1 Å². The quantitative estimate of drug-likeness (QED) is 0.719. The SMILES string of the molecule is O=C(c1cccc(S(=O)(=O)N2CCCCC2)c1)N1CCN(c2ccc(Cl)cn2)CC1. The molecule has 4 rings (SSSR count). The van der Waals surface area contributed by atoms with Gasteiger partial charge in [-0.15, -0.1) is 0 Å². The third kappa shape index (κ3) is 4.45. The number of carbonyl (C=O) groups excluding carboxylic acids is 1. The molecule has 0 saturated carbocycles. The molecule has 1 aromatic carbocycles. The highest BCUT2D eigenvalue weighted by atomic mass is 35.5. The molecule has 0 atom stereocenters. The highest BCUT2D eigenvalue weighted by Crippen LogP contribution is 2.22. The fraction of sp³-hybridized carbons (Fsp3) is 0.429. The van der Waals surface area contributed by atoms with E-state index in [4.69, 9.17) is 11.6 Å². The molecule has 1 aromatic heterocycles. The minimum Gasteiger partial charge on any atom is -0.353 e. The molecule has 0 N–H and O–H groups in total. The Labute approximate surface area is 182 Å². The molecule has 2 saturated heterocycles. The van der Waals surface area contributed by atoms with Crippen LogP contribution in [0.1, 0.15) is 29.6 Å². The van der Waals surface area contributed by atoms with Crippen LogP contribution in [0.2, 0.25) is 5.02 Å². The van der Waals surface area contributed by atoms with Crippen molar-refractivity contribution >= 4 is 33.3 Å². The molecule has 0 bridgehead atoms. The van der Waals surface area contributed by atoms with Crippen molar-refractivity contribution in [2.75, 3.05) is 44.2 Å².